The van der Waals surface area contributed by atoms with Crippen molar-refractivity contribution in [2.75, 3.05) is 0 Å². The molecular formula is C13H17N. The molecule has 0 atom stereocenters. The van der Waals surface area contributed by atoms with Crippen LogP contribution < -0.4 is 0 Å². The van der Waals surface area contributed by atoms with Crippen molar-refractivity contribution >= 4 is 11.4 Å². The predicted octanol–water partition coefficient (Wildman–Crippen LogP) is 3.85. The van der Waals surface area contributed by atoms with E-state index in [1.165, 1.54) is 17.0 Å². The highest BCUT2D eigenvalue weighted by molar-refractivity contribution is 6.00. The smallest absolute Gasteiger partial charge is 0.0670 e. The molecule has 1 aliphatic heterocycles. The minimum absolute atomic E-state index is 0.219. The maximum Gasteiger partial charge on any atom is 0.0670 e. The number of hydrogen-bond acceptors (Lipinski definition) is 1. The van der Waals surface area contributed by atoms with Gasteiger partial charge in [-0.05, 0) is 31.4 Å². The summed E-state index contributed by atoms with van der Waals surface area (Å²) in [4.78, 5) is 4.66. The molecule has 0 aromatic heterocycles. The van der Waals surface area contributed by atoms with Crippen molar-refractivity contribution in [1.29, 1.82) is 0 Å². The lowest BCUT2D eigenvalue weighted by atomic mass is 9.74. The van der Waals surface area contributed by atoms with E-state index in [4.69, 9.17) is 0 Å². The first-order valence-electron chi connectivity index (χ1n) is 5.40. The number of hydrogen-bond donors (Lipinski definition) is 0. The quantitative estimate of drug-likeness (QED) is 0.667. The summed E-state index contributed by atoms with van der Waals surface area (Å²) in [5.74, 6) is 0. The van der Waals surface area contributed by atoms with Crippen LogP contribution in [0, 0.1) is 0 Å². The molecule has 1 heterocycles. The van der Waals surface area contributed by atoms with Gasteiger partial charge in [0.25, 0.3) is 0 Å². The fourth-order valence-corrected chi connectivity index (χ4v) is 2.60. The summed E-state index contributed by atoms with van der Waals surface area (Å²) in [7, 11) is 0. The Hall–Kier alpha value is -1.11. The summed E-state index contributed by atoms with van der Waals surface area (Å²) in [5, 5.41) is 0. The van der Waals surface area contributed by atoms with E-state index in [2.05, 4.69) is 50.0 Å². The van der Waals surface area contributed by atoms with Crippen molar-refractivity contribution in [2.24, 2.45) is 4.99 Å². The molecule has 1 heteroatoms. The number of aliphatic imine (C=N–C) groups is 1. The third kappa shape index (κ3) is 1.05. The van der Waals surface area contributed by atoms with Crippen LogP contribution in [0.2, 0.25) is 0 Å². The van der Waals surface area contributed by atoms with Crippen LogP contribution in [0.4, 0.5) is 5.69 Å². The van der Waals surface area contributed by atoms with Gasteiger partial charge in [-0.15, -0.1) is 0 Å². The van der Waals surface area contributed by atoms with Crippen LogP contribution in [-0.4, -0.2) is 5.71 Å². The molecule has 0 fully saturated rings. The average Bonchev–Trinajstić information content (AvgIpc) is 2.50. The van der Waals surface area contributed by atoms with Crippen molar-refractivity contribution in [3.63, 3.8) is 0 Å². The van der Waals surface area contributed by atoms with Gasteiger partial charge in [0, 0.05) is 11.1 Å². The van der Waals surface area contributed by atoms with E-state index in [0.29, 0.717) is 0 Å². The number of fused-ring (bicyclic) bond motifs is 1. The Bertz CT molecular complexity index is 373. The zero-order valence-electron chi connectivity index (χ0n) is 9.17. The number of nitrogens with zero attached hydrogens (tertiary/aromatic N) is 1. The van der Waals surface area contributed by atoms with Gasteiger partial charge in [-0.25, -0.2) is 0 Å². The summed E-state index contributed by atoms with van der Waals surface area (Å²) in [6.07, 6.45) is 2.30. The van der Waals surface area contributed by atoms with Gasteiger partial charge in [0.05, 0.1) is 5.69 Å². The highest BCUT2D eigenvalue weighted by Crippen LogP contribution is 2.44. The molecule has 0 bridgehead atoms. The molecule has 14 heavy (non-hydrogen) atoms. The minimum atomic E-state index is 0.219. The largest absolute Gasteiger partial charge is 0.257 e. The molecule has 1 aromatic rings. The van der Waals surface area contributed by atoms with E-state index < -0.39 is 0 Å². The van der Waals surface area contributed by atoms with Gasteiger partial charge in [0.2, 0.25) is 0 Å². The topological polar surface area (TPSA) is 12.4 Å². The van der Waals surface area contributed by atoms with Crippen molar-refractivity contribution < 1.29 is 0 Å². The number of benzene rings is 1. The van der Waals surface area contributed by atoms with Gasteiger partial charge < -0.3 is 0 Å². The molecule has 2 rings (SSSR count). The van der Waals surface area contributed by atoms with Crippen molar-refractivity contribution in [3.05, 3.63) is 29.8 Å². The normalized spacial score (nSPS) is 17.8. The van der Waals surface area contributed by atoms with Crippen LogP contribution in [0.15, 0.2) is 29.3 Å². The molecule has 0 saturated carbocycles. The van der Waals surface area contributed by atoms with Crippen LogP contribution in [0.25, 0.3) is 0 Å². The van der Waals surface area contributed by atoms with E-state index >= 15 is 0 Å². The maximum absolute atomic E-state index is 4.66. The molecule has 0 spiro atoms. The third-order valence-electron chi connectivity index (χ3n) is 3.61. The Morgan fingerprint density at radius 3 is 2.43 bits per heavy atom. The monoisotopic (exact) mass is 187 g/mol. The molecule has 0 aliphatic carbocycles. The first kappa shape index (κ1) is 9.45. The zero-order chi connectivity index (χ0) is 10.2. The van der Waals surface area contributed by atoms with Gasteiger partial charge in [-0.2, -0.15) is 0 Å². The van der Waals surface area contributed by atoms with Crippen LogP contribution in [0.5, 0.6) is 0 Å². The van der Waals surface area contributed by atoms with Gasteiger partial charge in [-0.1, -0.05) is 32.0 Å². The van der Waals surface area contributed by atoms with Crippen molar-refractivity contribution in [2.45, 2.75) is 39.0 Å². The zero-order valence-corrected chi connectivity index (χ0v) is 9.17. The minimum Gasteiger partial charge on any atom is -0.257 e. The van der Waals surface area contributed by atoms with Gasteiger partial charge in [0.1, 0.15) is 0 Å². The second-order valence-electron chi connectivity index (χ2n) is 4.00. The van der Waals surface area contributed by atoms with E-state index in [0.717, 1.165) is 12.8 Å². The average molecular weight is 187 g/mol. The Morgan fingerprint density at radius 2 is 1.79 bits per heavy atom. The van der Waals surface area contributed by atoms with Crippen molar-refractivity contribution in [3.8, 4) is 0 Å². The lowest BCUT2D eigenvalue weighted by Gasteiger charge is -2.28. The van der Waals surface area contributed by atoms with Gasteiger partial charge in [-0.3, -0.25) is 4.99 Å². The van der Waals surface area contributed by atoms with Gasteiger partial charge >= 0.3 is 0 Å². The van der Waals surface area contributed by atoms with Crippen LogP contribution in [0.1, 0.15) is 39.2 Å². The lowest BCUT2D eigenvalue weighted by Crippen LogP contribution is -2.29. The fraction of sp³-hybridized carbons (Fsp3) is 0.462. The van der Waals surface area contributed by atoms with E-state index in [1.54, 1.807) is 0 Å². The standard InChI is InChI=1S/C13H17N/c1-4-13(5-2)10(3)14-12-9-7-6-8-11(12)13/h6-9H,4-5H2,1-3H3. The molecule has 1 aromatic carbocycles. The van der Waals surface area contributed by atoms with Crippen molar-refractivity contribution in [1.82, 2.24) is 0 Å². The predicted molar refractivity (Wildman–Crippen MR) is 61.5 cm³/mol. The first-order chi connectivity index (χ1) is 6.74. The summed E-state index contributed by atoms with van der Waals surface area (Å²) in [5.41, 5.74) is 4.09. The summed E-state index contributed by atoms with van der Waals surface area (Å²) < 4.78 is 0. The highest BCUT2D eigenvalue weighted by Gasteiger charge is 2.37. The maximum atomic E-state index is 4.66. The summed E-state index contributed by atoms with van der Waals surface area (Å²) in [6, 6.07) is 8.53. The number of rotatable bonds is 2. The Morgan fingerprint density at radius 1 is 1.14 bits per heavy atom. The lowest BCUT2D eigenvalue weighted by molar-refractivity contribution is 0.542. The summed E-state index contributed by atoms with van der Waals surface area (Å²) in [6.45, 7) is 6.67. The molecule has 0 radical (unpaired) electrons. The Labute approximate surface area is 85.9 Å². The van der Waals surface area contributed by atoms with E-state index in [-0.39, 0.29) is 5.41 Å². The number of para-hydroxylation sites is 1. The fourth-order valence-electron chi connectivity index (χ4n) is 2.60. The molecule has 0 unspecified atom stereocenters. The molecule has 0 saturated heterocycles. The molecular weight excluding hydrogens is 170 g/mol. The molecule has 1 nitrogen and oxygen atoms in total. The molecule has 0 amide bonds. The summed E-state index contributed by atoms with van der Waals surface area (Å²) >= 11 is 0. The Balaban J connectivity index is 2.60. The second kappa shape index (κ2) is 3.23. The first-order valence-corrected chi connectivity index (χ1v) is 5.40. The Kier molecular flexibility index (Phi) is 2.18. The van der Waals surface area contributed by atoms with Gasteiger partial charge in [0.15, 0.2) is 0 Å². The second-order valence-corrected chi connectivity index (χ2v) is 4.00. The van der Waals surface area contributed by atoms with Crippen LogP contribution >= 0.6 is 0 Å². The van der Waals surface area contributed by atoms with E-state index in [1.807, 2.05) is 0 Å². The van der Waals surface area contributed by atoms with E-state index in [9.17, 15) is 0 Å². The molecule has 1 aliphatic rings. The SMILES string of the molecule is CCC1(CC)C(C)=Nc2ccccc21. The van der Waals surface area contributed by atoms with Crippen LogP contribution in [-0.2, 0) is 5.41 Å². The highest BCUT2D eigenvalue weighted by atomic mass is 14.8. The third-order valence-corrected chi connectivity index (χ3v) is 3.61. The van der Waals surface area contributed by atoms with Crippen LogP contribution in [0.3, 0.4) is 0 Å². The molecule has 0 N–H and O–H groups in total. The molecule has 74 valence electrons.